The van der Waals surface area contributed by atoms with E-state index in [4.69, 9.17) is 23.2 Å². The van der Waals surface area contributed by atoms with E-state index < -0.39 is 0 Å². The van der Waals surface area contributed by atoms with Crippen LogP contribution in [0.25, 0.3) is 0 Å². The minimum atomic E-state index is -0.281. The zero-order valence-electron chi connectivity index (χ0n) is 15.2. The third-order valence-corrected chi connectivity index (χ3v) is 4.76. The van der Waals surface area contributed by atoms with Gasteiger partial charge in [0.05, 0.1) is 0 Å². The van der Waals surface area contributed by atoms with Crippen molar-refractivity contribution in [1.29, 1.82) is 0 Å². The summed E-state index contributed by atoms with van der Waals surface area (Å²) in [4.78, 5) is 25.4. The largest absolute Gasteiger partial charge is 0.748 e. The van der Waals surface area contributed by atoms with Crippen LogP contribution in [0.4, 0.5) is 0 Å². The van der Waals surface area contributed by atoms with E-state index in [0.29, 0.717) is 32.3 Å². The van der Waals surface area contributed by atoms with E-state index in [0.717, 1.165) is 0 Å². The molecule has 2 nitrogen and oxygen atoms in total. The van der Waals surface area contributed by atoms with Gasteiger partial charge in [0.2, 0.25) is 0 Å². The van der Waals surface area contributed by atoms with Gasteiger partial charge >= 0.3 is 0 Å². The zero-order chi connectivity index (χ0) is 19.9. The van der Waals surface area contributed by atoms with Gasteiger partial charge in [0.25, 0.3) is 0 Å². The maximum atomic E-state index is 12.7. The number of hydrogen-bond acceptors (Lipinski definition) is 2. The molecule has 0 aliphatic heterocycles. The summed E-state index contributed by atoms with van der Waals surface area (Å²) in [5.74, 6) is -0.563. The molecule has 0 unspecified atom stereocenters. The second-order valence-electron chi connectivity index (χ2n) is 5.93. The molecule has 152 valence electrons. The second kappa shape index (κ2) is 10.9. The monoisotopic (exact) mass is 462 g/mol. The molecule has 4 aromatic carbocycles. The van der Waals surface area contributed by atoms with Crippen molar-refractivity contribution in [2.45, 2.75) is 0 Å². The standard InChI is InChI=1S/C19H11Cl2O2.C5H5.Fe/c20-16-10-3-1-6-14(16)18(22)12-8-5-9-13(12)19(23)15-7-2-4-11-17(15)21;1-2-4-5-3-1;/h1-11H;1-5H;/q-1;-5;. The molecule has 0 heterocycles. The van der Waals surface area contributed by atoms with Gasteiger partial charge in [-0.25, -0.2) is 0 Å². The Morgan fingerprint density at radius 2 is 1.17 bits per heavy atom. The van der Waals surface area contributed by atoms with Crippen LogP contribution in [0.2, 0.25) is 10.0 Å². The molecule has 0 spiro atoms. The van der Waals surface area contributed by atoms with Crippen LogP contribution < -0.4 is 0 Å². The number of carbonyl (C=O) groups excluding carboxylic acids is 2. The Morgan fingerprint density at radius 3 is 1.69 bits per heavy atom. The molecule has 0 amide bonds. The molecule has 0 atom stereocenters. The van der Waals surface area contributed by atoms with Crippen LogP contribution in [-0.2, 0) is 17.1 Å². The van der Waals surface area contributed by atoms with Crippen molar-refractivity contribution in [1.82, 2.24) is 0 Å². The van der Waals surface area contributed by atoms with Gasteiger partial charge in [0.1, 0.15) is 11.6 Å². The molecular weight excluding hydrogens is 447 g/mol. The normalized spacial score (nSPS) is 9.72. The molecule has 4 aromatic rings. The quantitative estimate of drug-likeness (QED) is 0.195. The fraction of sp³-hybridized carbons (Fsp3) is 0. The minimum Gasteiger partial charge on any atom is -0.748 e. The van der Waals surface area contributed by atoms with Crippen molar-refractivity contribution < 1.29 is 26.7 Å². The number of carbonyl (C=O) groups is 2. The van der Waals surface area contributed by atoms with Gasteiger partial charge in [-0.2, -0.15) is 6.07 Å². The van der Waals surface area contributed by atoms with Crippen molar-refractivity contribution in [3.05, 3.63) is 129 Å². The third kappa shape index (κ3) is 5.56. The Morgan fingerprint density at radius 1 is 0.690 bits per heavy atom. The Hall–Kier alpha value is -2.42. The summed E-state index contributed by atoms with van der Waals surface area (Å²) >= 11 is 12.2. The molecule has 0 fully saturated rings. The molecule has 0 saturated heterocycles. The maximum Gasteiger partial charge on any atom is 0.130 e. The summed E-state index contributed by atoms with van der Waals surface area (Å²) < 4.78 is 0. The van der Waals surface area contributed by atoms with Crippen LogP contribution in [0.3, 0.4) is 0 Å². The molecule has 0 saturated carbocycles. The number of halogens is 2. The van der Waals surface area contributed by atoms with Crippen LogP contribution in [0, 0.1) is 0 Å². The Kier molecular flexibility index (Phi) is 8.63. The predicted molar refractivity (Wildman–Crippen MR) is 114 cm³/mol. The van der Waals surface area contributed by atoms with Gasteiger partial charge in [-0.3, -0.25) is 0 Å². The topological polar surface area (TPSA) is 34.1 Å². The molecule has 0 aromatic heterocycles. The molecule has 29 heavy (non-hydrogen) atoms. The average molecular weight is 463 g/mol. The van der Waals surface area contributed by atoms with Gasteiger partial charge in [-0.15, -0.1) is 12.1 Å². The Bertz CT molecular complexity index is 993. The van der Waals surface area contributed by atoms with Crippen molar-refractivity contribution in [3.63, 3.8) is 0 Å². The summed E-state index contributed by atoms with van der Waals surface area (Å²) in [6.45, 7) is 0. The van der Waals surface area contributed by atoms with Crippen molar-refractivity contribution in [3.8, 4) is 0 Å². The number of benzene rings is 2. The Balaban J connectivity index is 0.000000437. The summed E-state index contributed by atoms with van der Waals surface area (Å²) in [5, 5.41) is 0.713. The molecule has 0 aliphatic carbocycles. The first-order valence-corrected chi connectivity index (χ1v) is 9.36. The molecule has 0 radical (unpaired) electrons. The van der Waals surface area contributed by atoms with E-state index in [2.05, 4.69) is 0 Å². The predicted octanol–water partition coefficient (Wildman–Crippen LogP) is 6.58. The zero-order valence-corrected chi connectivity index (χ0v) is 17.8. The summed E-state index contributed by atoms with van der Waals surface area (Å²) in [6, 6.07) is 28.5. The third-order valence-electron chi connectivity index (χ3n) is 4.10. The first-order chi connectivity index (χ1) is 13.6. The number of rotatable bonds is 4. The fourth-order valence-corrected chi connectivity index (χ4v) is 3.16. The van der Waals surface area contributed by atoms with Crippen LogP contribution in [0.5, 0.6) is 0 Å². The van der Waals surface area contributed by atoms with Crippen molar-refractivity contribution >= 4 is 34.8 Å². The second-order valence-corrected chi connectivity index (χ2v) is 6.75. The SMILES string of the molecule is O=C(c1ccccc1Cl)c1ccc[c-]1C(=O)c1ccccc1Cl.[Fe].[cH-]1[cH-][cH-][cH-][cH-]1. The van der Waals surface area contributed by atoms with Crippen LogP contribution >= 0.6 is 23.2 Å². The Labute approximate surface area is 190 Å². The van der Waals surface area contributed by atoms with E-state index in [1.165, 1.54) is 0 Å². The fourth-order valence-electron chi connectivity index (χ4n) is 2.72. The van der Waals surface area contributed by atoms with Gasteiger partial charge in [0.15, 0.2) is 0 Å². The molecule has 4 rings (SSSR count). The summed E-state index contributed by atoms with van der Waals surface area (Å²) in [7, 11) is 0. The smallest absolute Gasteiger partial charge is 0.130 e. The number of hydrogen-bond donors (Lipinski definition) is 0. The first-order valence-electron chi connectivity index (χ1n) is 8.60. The molecule has 0 bridgehead atoms. The van der Waals surface area contributed by atoms with Crippen LogP contribution in [-0.4, -0.2) is 11.6 Å². The molecule has 0 aliphatic rings. The average Bonchev–Trinajstić information content (AvgIpc) is 3.42. The van der Waals surface area contributed by atoms with Crippen LogP contribution in [0.15, 0.2) is 97.1 Å². The van der Waals surface area contributed by atoms with Gasteiger partial charge in [0, 0.05) is 32.7 Å². The van der Waals surface area contributed by atoms with Gasteiger partial charge in [-0.1, -0.05) is 71.2 Å². The van der Waals surface area contributed by atoms with E-state index in [1.54, 1.807) is 66.7 Å². The molecule has 5 heteroatoms. The van der Waals surface area contributed by atoms with E-state index in [1.807, 2.05) is 30.3 Å². The van der Waals surface area contributed by atoms with Gasteiger partial charge < -0.3 is 39.9 Å². The van der Waals surface area contributed by atoms with E-state index in [-0.39, 0.29) is 28.6 Å². The van der Waals surface area contributed by atoms with Crippen LogP contribution in [0.1, 0.15) is 31.8 Å². The van der Waals surface area contributed by atoms with Gasteiger partial charge in [-0.05, 0) is 17.2 Å². The minimum absolute atomic E-state index is 0. The summed E-state index contributed by atoms with van der Waals surface area (Å²) in [5.41, 5.74) is 1.38. The molecular formula is C24H16Cl2FeO2-6. The molecule has 0 N–H and O–H groups in total. The number of ketones is 2. The van der Waals surface area contributed by atoms with E-state index >= 15 is 0 Å². The maximum absolute atomic E-state index is 12.7. The van der Waals surface area contributed by atoms with Crippen molar-refractivity contribution in [2.24, 2.45) is 0 Å². The summed E-state index contributed by atoms with van der Waals surface area (Å²) in [6.07, 6.45) is 0. The van der Waals surface area contributed by atoms with Crippen molar-refractivity contribution in [2.75, 3.05) is 0 Å². The first kappa shape index (κ1) is 22.9. The van der Waals surface area contributed by atoms with E-state index in [9.17, 15) is 9.59 Å².